The largest absolute Gasteiger partial charge is 0.391 e. The summed E-state index contributed by atoms with van der Waals surface area (Å²) < 4.78 is 54.2. The van der Waals surface area contributed by atoms with Gasteiger partial charge < -0.3 is 10.1 Å². The minimum Gasteiger partial charge on any atom is -0.376 e. The van der Waals surface area contributed by atoms with Gasteiger partial charge in [0.15, 0.2) is 0 Å². The average molecular weight is 293 g/mol. The first kappa shape index (κ1) is 16.9. The first-order valence-electron chi connectivity index (χ1n) is 6.55. The Morgan fingerprint density at radius 2 is 2.00 bits per heavy atom. The fraction of sp³-hybridized carbons (Fsp3) is 0.571. The van der Waals surface area contributed by atoms with Crippen LogP contribution in [-0.4, -0.2) is 19.3 Å². The zero-order valence-corrected chi connectivity index (χ0v) is 11.4. The number of hydrogen-bond acceptors (Lipinski definition) is 2. The summed E-state index contributed by atoms with van der Waals surface area (Å²) in [6.45, 7) is 2.89. The molecule has 114 valence electrons. The highest BCUT2D eigenvalue weighted by molar-refractivity contribution is 5.24. The average Bonchev–Trinajstić information content (AvgIpc) is 2.37. The molecule has 0 spiro atoms. The molecule has 0 bridgehead atoms. The molecule has 0 aliphatic rings. The van der Waals surface area contributed by atoms with Crippen LogP contribution in [0, 0.1) is 5.82 Å². The Kier molecular flexibility index (Phi) is 6.95. The van der Waals surface area contributed by atoms with E-state index in [1.54, 1.807) is 12.1 Å². The van der Waals surface area contributed by atoms with E-state index in [2.05, 4.69) is 5.32 Å². The van der Waals surface area contributed by atoms with Crippen LogP contribution in [0.15, 0.2) is 18.2 Å². The second-order valence-corrected chi connectivity index (χ2v) is 4.52. The van der Waals surface area contributed by atoms with Crippen molar-refractivity contribution in [2.75, 3.05) is 13.2 Å². The summed E-state index contributed by atoms with van der Waals surface area (Å²) in [5, 5.41) is 3.17. The van der Waals surface area contributed by atoms with Crippen molar-refractivity contribution in [3.8, 4) is 0 Å². The van der Waals surface area contributed by atoms with E-state index in [4.69, 9.17) is 4.74 Å². The lowest BCUT2D eigenvalue weighted by molar-refractivity contribution is -0.146. The molecule has 0 saturated heterocycles. The van der Waals surface area contributed by atoms with E-state index in [9.17, 15) is 17.6 Å². The maximum absolute atomic E-state index is 13.5. The summed E-state index contributed by atoms with van der Waals surface area (Å²) in [6, 6.07) is 4.58. The van der Waals surface area contributed by atoms with Gasteiger partial charge >= 0.3 is 6.18 Å². The smallest absolute Gasteiger partial charge is 0.376 e. The van der Waals surface area contributed by atoms with Gasteiger partial charge in [0.2, 0.25) is 0 Å². The zero-order chi connectivity index (χ0) is 15.0. The summed E-state index contributed by atoms with van der Waals surface area (Å²) in [6.07, 6.45) is -4.27. The minimum atomic E-state index is -4.25. The molecular formula is C14H19F4NO. The Labute approximate surface area is 116 Å². The predicted molar refractivity (Wildman–Crippen MR) is 68.7 cm³/mol. The molecule has 0 aromatic heterocycles. The van der Waals surface area contributed by atoms with Crippen molar-refractivity contribution in [1.29, 1.82) is 0 Å². The van der Waals surface area contributed by atoms with Gasteiger partial charge in [-0.25, -0.2) is 4.39 Å². The number of rotatable bonds is 8. The number of hydrogen-bond donors (Lipinski definition) is 1. The summed E-state index contributed by atoms with van der Waals surface area (Å²) in [7, 11) is 0. The van der Waals surface area contributed by atoms with Gasteiger partial charge in [-0.15, -0.1) is 0 Å². The Hall–Kier alpha value is -1.14. The van der Waals surface area contributed by atoms with Crippen LogP contribution in [-0.2, 0) is 17.9 Å². The molecule has 0 aliphatic carbocycles. The number of nitrogens with one attached hydrogen (secondary N) is 1. The third-order valence-corrected chi connectivity index (χ3v) is 2.65. The highest BCUT2D eigenvalue weighted by Gasteiger charge is 2.26. The van der Waals surface area contributed by atoms with Crippen molar-refractivity contribution in [3.63, 3.8) is 0 Å². The SMILES string of the molecule is CCCNCc1ccc(F)c(COCCC(F)(F)F)c1. The molecule has 0 radical (unpaired) electrons. The van der Waals surface area contributed by atoms with Crippen LogP contribution in [0.25, 0.3) is 0 Å². The fourth-order valence-electron chi connectivity index (χ4n) is 1.63. The van der Waals surface area contributed by atoms with Gasteiger partial charge in [0.25, 0.3) is 0 Å². The maximum Gasteiger partial charge on any atom is 0.391 e. The van der Waals surface area contributed by atoms with Crippen molar-refractivity contribution < 1.29 is 22.3 Å². The zero-order valence-electron chi connectivity index (χ0n) is 11.4. The molecule has 0 fully saturated rings. The van der Waals surface area contributed by atoms with E-state index in [1.807, 2.05) is 6.92 Å². The van der Waals surface area contributed by atoms with E-state index in [-0.39, 0.29) is 12.2 Å². The van der Waals surface area contributed by atoms with Gasteiger partial charge in [0.05, 0.1) is 19.6 Å². The highest BCUT2D eigenvalue weighted by atomic mass is 19.4. The number of benzene rings is 1. The van der Waals surface area contributed by atoms with Crippen molar-refractivity contribution in [1.82, 2.24) is 5.32 Å². The first-order valence-corrected chi connectivity index (χ1v) is 6.55. The summed E-state index contributed by atoms with van der Waals surface area (Å²) >= 11 is 0. The van der Waals surface area contributed by atoms with E-state index in [1.165, 1.54) is 6.07 Å². The van der Waals surface area contributed by atoms with Crippen LogP contribution in [0.4, 0.5) is 17.6 Å². The molecule has 1 rings (SSSR count). The molecule has 1 aromatic rings. The van der Waals surface area contributed by atoms with Crippen molar-refractivity contribution in [2.24, 2.45) is 0 Å². The molecule has 0 unspecified atom stereocenters. The third-order valence-electron chi connectivity index (χ3n) is 2.65. The van der Waals surface area contributed by atoms with Crippen LogP contribution in [0.2, 0.25) is 0 Å². The molecule has 0 amide bonds. The normalized spacial score (nSPS) is 11.8. The van der Waals surface area contributed by atoms with E-state index in [0.29, 0.717) is 6.54 Å². The quantitative estimate of drug-likeness (QED) is 0.581. The van der Waals surface area contributed by atoms with E-state index >= 15 is 0 Å². The maximum atomic E-state index is 13.5. The Morgan fingerprint density at radius 1 is 1.25 bits per heavy atom. The highest BCUT2D eigenvalue weighted by Crippen LogP contribution is 2.19. The molecular weight excluding hydrogens is 274 g/mol. The second kappa shape index (κ2) is 8.21. The van der Waals surface area contributed by atoms with Gasteiger partial charge in [0.1, 0.15) is 5.82 Å². The van der Waals surface area contributed by atoms with Crippen LogP contribution in [0.1, 0.15) is 30.9 Å². The van der Waals surface area contributed by atoms with Gasteiger partial charge in [-0.1, -0.05) is 13.0 Å². The second-order valence-electron chi connectivity index (χ2n) is 4.52. The molecule has 2 nitrogen and oxygen atoms in total. The molecule has 6 heteroatoms. The number of alkyl halides is 3. The summed E-state index contributed by atoms with van der Waals surface area (Å²) in [5.41, 5.74) is 1.16. The molecule has 0 atom stereocenters. The Morgan fingerprint density at radius 3 is 2.65 bits per heavy atom. The van der Waals surface area contributed by atoms with E-state index < -0.39 is 25.0 Å². The van der Waals surface area contributed by atoms with Gasteiger partial charge in [-0.2, -0.15) is 13.2 Å². The van der Waals surface area contributed by atoms with E-state index in [0.717, 1.165) is 18.5 Å². The molecule has 0 saturated carbocycles. The summed E-state index contributed by atoms with van der Waals surface area (Å²) in [4.78, 5) is 0. The molecule has 1 aromatic carbocycles. The number of ether oxygens (including phenoxy) is 1. The standard InChI is InChI=1S/C14H19F4NO/c1-2-6-19-9-11-3-4-13(15)12(8-11)10-20-7-5-14(16,17)18/h3-4,8,19H,2,5-7,9-10H2,1H3. The van der Waals surface area contributed by atoms with Gasteiger partial charge in [-0.3, -0.25) is 0 Å². The lowest BCUT2D eigenvalue weighted by Crippen LogP contribution is -2.14. The van der Waals surface area contributed by atoms with Crippen LogP contribution < -0.4 is 5.32 Å². The lowest BCUT2D eigenvalue weighted by Gasteiger charge is -2.10. The Bertz CT molecular complexity index is 407. The summed E-state index contributed by atoms with van der Waals surface area (Å²) in [5.74, 6) is -0.462. The Balaban J connectivity index is 2.45. The van der Waals surface area contributed by atoms with Gasteiger partial charge in [-0.05, 0) is 30.7 Å². The fourth-order valence-corrected chi connectivity index (χ4v) is 1.63. The van der Waals surface area contributed by atoms with Crippen molar-refractivity contribution in [3.05, 3.63) is 35.1 Å². The van der Waals surface area contributed by atoms with Crippen LogP contribution in [0.5, 0.6) is 0 Å². The van der Waals surface area contributed by atoms with Crippen LogP contribution in [0.3, 0.4) is 0 Å². The number of halogens is 4. The van der Waals surface area contributed by atoms with Crippen LogP contribution >= 0.6 is 0 Å². The molecule has 1 N–H and O–H groups in total. The van der Waals surface area contributed by atoms with Crippen molar-refractivity contribution in [2.45, 2.75) is 39.1 Å². The monoisotopic (exact) mass is 293 g/mol. The molecule has 0 heterocycles. The molecule has 0 aliphatic heterocycles. The predicted octanol–water partition coefficient (Wildman–Crippen LogP) is 3.79. The molecule has 20 heavy (non-hydrogen) atoms. The minimum absolute atomic E-state index is 0.149. The van der Waals surface area contributed by atoms with Crippen molar-refractivity contribution >= 4 is 0 Å². The lowest BCUT2D eigenvalue weighted by atomic mass is 10.1. The topological polar surface area (TPSA) is 21.3 Å². The van der Waals surface area contributed by atoms with Gasteiger partial charge in [0, 0.05) is 12.1 Å². The first-order chi connectivity index (χ1) is 9.42. The third kappa shape index (κ3) is 6.86.